The Morgan fingerprint density at radius 3 is 2.84 bits per heavy atom. The fraction of sp³-hybridized carbons (Fsp3) is 0.167. The predicted molar refractivity (Wildman–Crippen MR) is 78.6 cm³/mol. The summed E-state index contributed by atoms with van der Waals surface area (Å²) in [6.45, 7) is 1.91. The Bertz CT molecular complexity index is 590. The van der Waals surface area contributed by atoms with E-state index < -0.39 is 0 Å². The smallest absolute Gasteiger partial charge is 0.239 e. The Morgan fingerprint density at radius 2 is 2.16 bits per heavy atom. The number of aromatic nitrogens is 2. The number of anilines is 3. The van der Waals surface area contributed by atoms with E-state index in [4.69, 9.17) is 10.6 Å². The monoisotopic (exact) mass is 323 g/mol. The molecule has 19 heavy (non-hydrogen) atoms. The van der Waals surface area contributed by atoms with Crippen molar-refractivity contribution in [3.8, 4) is 5.75 Å². The summed E-state index contributed by atoms with van der Waals surface area (Å²) in [5.74, 6) is 7.05. The highest BCUT2D eigenvalue weighted by Crippen LogP contribution is 2.31. The molecule has 1 heterocycles. The Balaban J connectivity index is 2.37. The summed E-state index contributed by atoms with van der Waals surface area (Å²) in [6, 6.07) is 5.69. The van der Waals surface area contributed by atoms with Gasteiger partial charge in [-0.2, -0.15) is 4.98 Å². The van der Waals surface area contributed by atoms with Gasteiger partial charge in [0.25, 0.3) is 0 Å². The van der Waals surface area contributed by atoms with Crippen molar-refractivity contribution in [2.45, 2.75) is 6.92 Å². The SMILES string of the molecule is COc1ccc(Br)cc1Nc1nc(NN)ncc1C. The van der Waals surface area contributed by atoms with Crippen molar-refractivity contribution in [3.05, 3.63) is 34.4 Å². The van der Waals surface area contributed by atoms with E-state index in [0.29, 0.717) is 11.8 Å². The number of rotatable bonds is 4. The molecule has 0 saturated carbocycles. The minimum atomic E-state index is 0.349. The second-order valence-electron chi connectivity index (χ2n) is 3.84. The lowest BCUT2D eigenvalue weighted by Gasteiger charge is -2.13. The first-order chi connectivity index (χ1) is 9.13. The molecule has 100 valence electrons. The van der Waals surface area contributed by atoms with Crippen LogP contribution in [0.3, 0.4) is 0 Å². The molecule has 2 rings (SSSR count). The van der Waals surface area contributed by atoms with Gasteiger partial charge in [0.1, 0.15) is 11.6 Å². The number of nitrogens with one attached hydrogen (secondary N) is 2. The molecule has 7 heteroatoms. The highest BCUT2D eigenvalue weighted by molar-refractivity contribution is 9.10. The summed E-state index contributed by atoms with van der Waals surface area (Å²) in [6.07, 6.45) is 1.69. The van der Waals surface area contributed by atoms with E-state index in [1.165, 1.54) is 0 Å². The number of halogens is 1. The van der Waals surface area contributed by atoms with Crippen LogP contribution in [0.2, 0.25) is 0 Å². The molecule has 0 amide bonds. The molecule has 4 N–H and O–H groups in total. The third kappa shape index (κ3) is 3.12. The van der Waals surface area contributed by atoms with E-state index in [-0.39, 0.29) is 0 Å². The maximum absolute atomic E-state index is 5.31. The summed E-state index contributed by atoms with van der Waals surface area (Å²) < 4.78 is 6.25. The number of hydrazine groups is 1. The minimum absolute atomic E-state index is 0.349. The van der Waals surface area contributed by atoms with E-state index in [0.717, 1.165) is 21.5 Å². The van der Waals surface area contributed by atoms with Crippen LogP contribution < -0.4 is 21.3 Å². The zero-order chi connectivity index (χ0) is 13.8. The van der Waals surface area contributed by atoms with Gasteiger partial charge in [-0.3, -0.25) is 5.43 Å². The van der Waals surface area contributed by atoms with E-state index in [2.05, 4.69) is 36.6 Å². The summed E-state index contributed by atoms with van der Waals surface area (Å²) in [7, 11) is 1.62. The van der Waals surface area contributed by atoms with Crippen LogP contribution in [0.25, 0.3) is 0 Å². The molecule has 1 aromatic heterocycles. The minimum Gasteiger partial charge on any atom is -0.495 e. The average Bonchev–Trinajstić information content (AvgIpc) is 2.41. The van der Waals surface area contributed by atoms with Crippen LogP contribution in [-0.4, -0.2) is 17.1 Å². The van der Waals surface area contributed by atoms with Crippen LogP contribution >= 0.6 is 15.9 Å². The molecule has 2 aromatic rings. The summed E-state index contributed by atoms with van der Waals surface area (Å²) in [4.78, 5) is 8.29. The molecular formula is C12H14BrN5O. The second-order valence-corrected chi connectivity index (χ2v) is 4.75. The maximum atomic E-state index is 5.31. The van der Waals surface area contributed by atoms with Crippen molar-refractivity contribution >= 4 is 33.4 Å². The highest BCUT2D eigenvalue weighted by atomic mass is 79.9. The molecule has 0 saturated heterocycles. The van der Waals surface area contributed by atoms with Crippen LogP contribution in [0.15, 0.2) is 28.9 Å². The molecule has 0 atom stereocenters. The Kier molecular flexibility index (Phi) is 4.18. The van der Waals surface area contributed by atoms with Gasteiger partial charge in [0.2, 0.25) is 5.95 Å². The van der Waals surface area contributed by atoms with Gasteiger partial charge in [0, 0.05) is 16.2 Å². The van der Waals surface area contributed by atoms with Gasteiger partial charge >= 0.3 is 0 Å². The number of ether oxygens (including phenoxy) is 1. The summed E-state index contributed by atoms with van der Waals surface area (Å²) >= 11 is 3.42. The Morgan fingerprint density at radius 1 is 1.37 bits per heavy atom. The largest absolute Gasteiger partial charge is 0.495 e. The van der Waals surface area contributed by atoms with Gasteiger partial charge in [-0.05, 0) is 25.1 Å². The number of nitrogens with zero attached hydrogens (tertiary/aromatic N) is 2. The zero-order valence-electron chi connectivity index (χ0n) is 10.6. The first kappa shape index (κ1) is 13.6. The van der Waals surface area contributed by atoms with Crippen LogP contribution in [0.5, 0.6) is 5.75 Å². The van der Waals surface area contributed by atoms with E-state index in [1.54, 1.807) is 13.3 Å². The van der Waals surface area contributed by atoms with Crippen molar-refractivity contribution in [3.63, 3.8) is 0 Å². The fourth-order valence-corrected chi connectivity index (χ4v) is 1.90. The fourth-order valence-electron chi connectivity index (χ4n) is 1.54. The number of aryl methyl sites for hydroxylation is 1. The number of methoxy groups -OCH3 is 1. The van der Waals surface area contributed by atoms with Crippen molar-refractivity contribution in [2.24, 2.45) is 5.84 Å². The molecule has 6 nitrogen and oxygen atoms in total. The Hall–Kier alpha value is -1.86. The van der Waals surface area contributed by atoms with Crippen molar-refractivity contribution in [1.29, 1.82) is 0 Å². The lowest BCUT2D eigenvalue weighted by Crippen LogP contribution is -2.11. The number of hydrogen-bond acceptors (Lipinski definition) is 6. The van der Waals surface area contributed by atoms with Gasteiger partial charge in [-0.25, -0.2) is 10.8 Å². The van der Waals surface area contributed by atoms with Crippen molar-refractivity contribution < 1.29 is 4.74 Å². The van der Waals surface area contributed by atoms with Crippen LogP contribution in [0.1, 0.15) is 5.56 Å². The molecular weight excluding hydrogens is 310 g/mol. The lowest BCUT2D eigenvalue weighted by atomic mass is 10.2. The van der Waals surface area contributed by atoms with Gasteiger partial charge in [0.15, 0.2) is 0 Å². The molecule has 0 fully saturated rings. The Labute approximate surface area is 119 Å². The molecule has 0 spiro atoms. The molecule has 0 aliphatic rings. The van der Waals surface area contributed by atoms with Crippen molar-refractivity contribution in [1.82, 2.24) is 9.97 Å². The highest BCUT2D eigenvalue weighted by Gasteiger charge is 2.08. The third-order valence-corrected chi connectivity index (χ3v) is 3.01. The number of nitrogens with two attached hydrogens (primary N) is 1. The average molecular weight is 324 g/mol. The van der Waals surface area contributed by atoms with E-state index in [9.17, 15) is 0 Å². The van der Waals surface area contributed by atoms with Gasteiger partial charge in [-0.1, -0.05) is 15.9 Å². The predicted octanol–water partition coefficient (Wildman–Crippen LogP) is 2.59. The van der Waals surface area contributed by atoms with E-state index in [1.807, 2.05) is 25.1 Å². The molecule has 0 unspecified atom stereocenters. The zero-order valence-corrected chi connectivity index (χ0v) is 12.2. The lowest BCUT2D eigenvalue weighted by molar-refractivity contribution is 0.416. The topological polar surface area (TPSA) is 85.1 Å². The standard InChI is InChI=1S/C12H14BrN5O/c1-7-6-15-12(18-14)17-11(7)16-9-5-8(13)3-4-10(9)19-2/h3-6H,14H2,1-2H3,(H2,15,16,17,18). The summed E-state index contributed by atoms with van der Waals surface area (Å²) in [5.41, 5.74) is 4.13. The normalized spacial score (nSPS) is 10.1. The van der Waals surface area contributed by atoms with Gasteiger partial charge in [0.05, 0.1) is 12.8 Å². The first-order valence-electron chi connectivity index (χ1n) is 5.55. The quantitative estimate of drug-likeness (QED) is 0.592. The van der Waals surface area contributed by atoms with Crippen LogP contribution in [0, 0.1) is 6.92 Å². The second kappa shape index (κ2) is 5.85. The van der Waals surface area contributed by atoms with Crippen molar-refractivity contribution in [2.75, 3.05) is 17.9 Å². The number of benzene rings is 1. The first-order valence-corrected chi connectivity index (χ1v) is 6.34. The summed E-state index contributed by atoms with van der Waals surface area (Å²) in [5, 5.41) is 3.21. The van der Waals surface area contributed by atoms with Crippen LogP contribution in [-0.2, 0) is 0 Å². The molecule has 1 aromatic carbocycles. The molecule has 0 bridgehead atoms. The number of nitrogen functional groups attached to an aromatic ring is 1. The molecule has 0 aliphatic carbocycles. The number of hydrogen-bond donors (Lipinski definition) is 3. The molecule has 0 aliphatic heterocycles. The third-order valence-electron chi connectivity index (χ3n) is 2.52. The van der Waals surface area contributed by atoms with Crippen LogP contribution in [0.4, 0.5) is 17.5 Å². The molecule has 0 radical (unpaired) electrons. The van der Waals surface area contributed by atoms with Gasteiger partial charge < -0.3 is 10.1 Å². The van der Waals surface area contributed by atoms with Gasteiger partial charge in [-0.15, -0.1) is 0 Å². The maximum Gasteiger partial charge on any atom is 0.239 e. The van der Waals surface area contributed by atoms with E-state index >= 15 is 0 Å².